The molecule has 1 rings (SSSR count). The van der Waals surface area contributed by atoms with Crippen LogP contribution >= 0.6 is 11.5 Å². The Labute approximate surface area is 68.4 Å². The van der Waals surface area contributed by atoms with Gasteiger partial charge in [-0.2, -0.15) is 4.37 Å². The summed E-state index contributed by atoms with van der Waals surface area (Å²) in [7, 11) is 0. The quantitative estimate of drug-likeness (QED) is 0.675. The fourth-order valence-electron chi connectivity index (χ4n) is 0.843. The Bertz CT molecular complexity index is 281. The minimum atomic E-state index is -0.492. The van der Waals surface area contributed by atoms with E-state index in [0.29, 0.717) is 22.7 Å². The van der Waals surface area contributed by atoms with Gasteiger partial charge in [-0.15, -0.1) is 0 Å². The van der Waals surface area contributed by atoms with E-state index in [-0.39, 0.29) is 0 Å². The zero-order valence-electron chi connectivity index (χ0n) is 6.13. The number of anilines is 1. The van der Waals surface area contributed by atoms with Gasteiger partial charge < -0.3 is 11.5 Å². The third-order valence-corrected chi connectivity index (χ3v) is 2.08. The SMILES string of the molecule is CCc1nsc(N)c1C(N)=O. The fraction of sp³-hybridized carbons (Fsp3) is 0.333. The van der Waals surface area contributed by atoms with Crippen molar-refractivity contribution in [2.75, 3.05) is 5.73 Å². The predicted molar refractivity (Wildman–Crippen MR) is 44.4 cm³/mol. The van der Waals surface area contributed by atoms with Crippen LogP contribution < -0.4 is 11.5 Å². The van der Waals surface area contributed by atoms with Crippen molar-refractivity contribution in [2.24, 2.45) is 5.73 Å². The number of nitrogen functional groups attached to an aromatic ring is 1. The lowest BCUT2D eigenvalue weighted by molar-refractivity contribution is 0.100. The highest BCUT2D eigenvalue weighted by Gasteiger charge is 2.14. The van der Waals surface area contributed by atoms with Crippen molar-refractivity contribution in [2.45, 2.75) is 13.3 Å². The molecule has 1 aromatic heterocycles. The van der Waals surface area contributed by atoms with Crippen molar-refractivity contribution in [1.82, 2.24) is 4.37 Å². The number of amides is 1. The maximum atomic E-state index is 10.8. The summed E-state index contributed by atoms with van der Waals surface area (Å²) in [6.45, 7) is 1.90. The molecule has 1 heterocycles. The fourth-order valence-corrected chi connectivity index (χ4v) is 1.58. The summed E-state index contributed by atoms with van der Waals surface area (Å²) in [5.41, 5.74) is 11.6. The minimum Gasteiger partial charge on any atom is -0.389 e. The van der Waals surface area contributed by atoms with Crippen molar-refractivity contribution >= 4 is 22.4 Å². The lowest BCUT2D eigenvalue weighted by atomic mass is 10.2. The standard InChI is InChI=1S/C6H9N3OS/c1-2-3-4(5(7)10)6(8)11-9-3/h2,8H2,1H3,(H2,7,10). The van der Waals surface area contributed by atoms with E-state index in [1.807, 2.05) is 6.92 Å². The number of carbonyl (C=O) groups excluding carboxylic acids is 1. The third-order valence-electron chi connectivity index (χ3n) is 1.37. The van der Waals surface area contributed by atoms with E-state index < -0.39 is 5.91 Å². The van der Waals surface area contributed by atoms with E-state index in [2.05, 4.69) is 4.37 Å². The average molecular weight is 171 g/mol. The number of nitrogens with zero attached hydrogens (tertiary/aromatic N) is 1. The van der Waals surface area contributed by atoms with E-state index in [4.69, 9.17) is 11.5 Å². The van der Waals surface area contributed by atoms with Crippen LogP contribution in [0.4, 0.5) is 5.00 Å². The van der Waals surface area contributed by atoms with Crippen LogP contribution in [-0.2, 0) is 6.42 Å². The molecule has 4 nitrogen and oxygen atoms in total. The molecule has 1 aromatic rings. The zero-order chi connectivity index (χ0) is 8.43. The first-order valence-corrected chi connectivity index (χ1v) is 3.98. The number of primary amides is 1. The molecule has 0 saturated heterocycles. The number of hydrogen-bond acceptors (Lipinski definition) is 4. The largest absolute Gasteiger partial charge is 0.389 e. The van der Waals surface area contributed by atoms with Crippen molar-refractivity contribution < 1.29 is 4.79 Å². The molecule has 0 radical (unpaired) electrons. The van der Waals surface area contributed by atoms with Crippen LogP contribution in [0.1, 0.15) is 23.0 Å². The Morgan fingerprint density at radius 3 is 2.73 bits per heavy atom. The first-order valence-electron chi connectivity index (χ1n) is 3.20. The molecule has 0 saturated carbocycles. The number of aryl methyl sites for hydroxylation is 1. The summed E-state index contributed by atoms with van der Waals surface area (Å²) in [4.78, 5) is 10.8. The molecule has 11 heavy (non-hydrogen) atoms. The molecule has 0 aliphatic carbocycles. The summed E-state index contributed by atoms with van der Waals surface area (Å²) >= 11 is 1.11. The summed E-state index contributed by atoms with van der Waals surface area (Å²) in [6.07, 6.45) is 0.686. The van der Waals surface area contributed by atoms with E-state index in [9.17, 15) is 4.79 Å². The molecule has 0 aliphatic rings. The predicted octanol–water partition coefficient (Wildman–Crippen LogP) is 0.387. The number of carbonyl (C=O) groups is 1. The van der Waals surface area contributed by atoms with E-state index in [1.165, 1.54) is 0 Å². The highest BCUT2D eigenvalue weighted by Crippen LogP contribution is 2.20. The average Bonchev–Trinajstić information content (AvgIpc) is 2.30. The number of aromatic nitrogens is 1. The molecule has 60 valence electrons. The topological polar surface area (TPSA) is 82.0 Å². The normalized spacial score (nSPS) is 9.91. The zero-order valence-corrected chi connectivity index (χ0v) is 6.94. The summed E-state index contributed by atoms with van der Waals surface area (Å²) in [5, 5.41) is 0.411. The second kappa shape index (κ2) is 2.87. The highest BCUT2D eigenvalue weighted by atomic mass is 32.1. The Hall–Kier alpha value is -1.10. The molecular formula is C6H9N3OS. The minimum absolute atomic E-state index is 0.387. The highest BCUT2D eigenvalue weighted by molar-refractivity contribution is 7.10. The molecule has 1 amide bonds. The maximum Gasteiger partial charge on any atom is 0.253 e. The number of rotatable bonds is 2. The monoisotopic (exact) mass is 171 g/mol. The summed E-state index contributed by atoms with van der Waals surface area (Å²) < 4.78 is 3.97. The Kier molecular flexibility index (Phi) is 2.09. The van der Waals surface area contributed by atoms with Gasteiger partial charge in [0.25, 0.3) is 5.91 Å². The van der Waals surface area contributed by atoms with Gasteiger partial charge in [0.2, 0.25) is 0 Å². The molecule has 0 fully saturated rings. The molecule has 5 heteroatoms. The van der Waals surface area contributed by atoms with Gasteiger partial charge in [0.05, 0.1) is 11.3 Å². The summed E-state index contributed by atoms with van der Waals surface area (Å²) in [5.74, 6) is -0.492. The molecule has 0 spiro atoms. The third kappa shape index (κ3) is 1.32. The molecular weight excluding hydrogens is 162 g/mol. The Balaban J connectivity index is 3.17. The lowest BCUT2D eigenvalue weighted by Gasteiger charge is -1.93. The number of nitrogens with two attached hydrogens (primary N) is 2. The first-order chi connectivity index (χ1) is 5.16. The van der Waals surface area contributed by atoms with Crippen LogP contribution in [0.25, 0.3) is 0 Å². The van der Waals surface area contributed by atoms with Gasteiger partial charge in [0, 0.05) is 0 Å². The Morgan fingerprint density at radius 1 is 1.73 bits per heavy atom. The molecule has 0 aromatic carbocycles. The molecule has 0 bridgehead atoms. The van der Waals surface area contributed by atoms with Crippen molar-refractivity contribution in [3.8, 4) is 0 Å². The van der Waals surface area contributed by atoms with Gasteiger partial charge in [-0.05, 0) is 18.0 Å². The van der Waals surface area contributed by atoms with Crippen LogP contribution in [0.2, 0.25) is 0 Å². The second-order valence-electron chi connectivity index (χ2n) is 2.09. The van der Waals surface area contributed by atoms with E-state index in [1.54, 1.807) is 0 Å². The van der Waals surface area contributed by atoms with Gasteiger partial charge in [0.15, 0.2) is 0 Å². The van der Waals surface area contributed by atoms with Crippen LogP contribution in [0.15, 0.2) is 0 Å². The molecule has 0 unspecified atom stereocenters. The van der Waals surface area contributed by atoms with Crippen LogP contribution in [0.3, 0.4) is 0 Å². The van der Waals surface area contributed by atoms with Crippen molar-refractivity contribution in [3.63, 3.8) is 0 Å². The van der Waals surface area contributed by atoms with Crippen LogP contribution in [0, 0.1) is 0 Å². The van der Waals surface area contributed by atoms with Crippen LogP contribution in [-0.4, -0.2) is 10.3 Å². The van der Waals surface area contributed by atoms with E-state index >= 15 is 0 Å². The molecule has 0 atom stereocenters. The molecule has 0 aliphatic heterocycles. The summed E-state index contributed by atoms with van der Waals surface area (Å²) in [6, 6.07) is 0. The smallest absolute Gasteiger partial charge is 0.253 e. The van der Waals surface area contributed by atoms with Crippen LogP contribution in [0.5, 0.6) is 0 Å². The van der Waals surface area contributed by atoms with E-state index in [0.717, 1.165) is 11.5 Å². The van der Waals surface area contributed by atoms with Gasteiger partial charge in [0.1, 0.15) is 5.00 Å². The van der Waals surface area contributed by atoms with Gasteiger partial charge >= 0.3 is 0 Å². The Morgan fingerprint density at radius 2 is 2.36 bits per heavy atom. The molecule has 4 N–H and O–H groups in total. The maximum absolute atomic E-state index is 10.8. The van der Waals surface area contributed by atoms with Gasteiger partial charge in [-0.3, -0.25) is 4.79 Å². The first kappa shape index (κ1) is 8.00. The van der Waals surface area contributed by atoms with Crippen molar-refractivity contribution in [1.29, 1.82) is 0 Å². The van der Waals surface area contributed by atoms with Gasteiger partial charge in [-0.1, -0.05) is 6.92 Å². The number of hydrogen-bond donors (Lipinski definition) is 2. The van der Waals surface area contributed by atoms with Crippen molar-refractivity contribution in [3.05, 3.63) is 11.3 Å². The second-order valence-corrected chi connectivity index (χ2v) is 2.89. The van der Waals surface area contributed by atoms with Gasteiger partial charge in [-0.25, -0.2) is 0 Å². The lowest BCUT2D eigenvalue weighted by Crippen LogP contribution is -2.13.